The molecule has 0 radical (unpaired) electrons. The van der Waals surface area contributed by atoms with Crippen LogP contribution in [0.2, 0.25) is 0 Å². The number of benzene rings is 7. The number of pyridine rings is 1. The molecule has 53 heavy (non-hydrogen) atoms. The Kier molecular flexibility index (Phi) is 7.40. The van der Waals surface area contributed by atoms with Crippen molar-refractivity contribution in [2.75, 3.05) is 0 Å². The first-order valence-electron chi connectivity index (χ1n) is 17.6. The summed E-state index contributed by atoms with van der Waals surface area (Å²) >= 11 is 0. The van der Waals surface area contributed by atoms with Crippen LogP contribution >= 0.6 is 0 Å². The molecule has 10 rings (SSSR count). The lowest BCUT2D eigenvalue weighted by Gasteiger charge is -2.10. The van der Waals surface area contributed by atoms with E-state index in [2.05, 4.69) is 151 Å². The largest absolute Gasteiger partial charge is 0.456 e. The van der Waals surface area contributed by atoms with Crippen molar-refractivity contribution >= 4 is 32.7 Å². The Hall–Kier alpha value is -7.24. The van der Waals surface area contributed by atoms with Crippen molar-refractivity contribution in [1.29, 1.82) is 0 Å². The number of furan rings is 1. The lowest BCUT2D eigenvalue weighted by molar-refractivity contribution is 0.669. The summed E-state index contributed by atoms with van der Waals surface area (Å²) in [5, 5.41) is 4.68. The number of hydrogen-bond acceptors (Lipinski definition) is 5. The molecule has 5 nitrogen and oxygen atoms in total. The van der Waals surface area contributed by atoms with Crippen molar-refractivity contribution in [3.8, 4) is 67.5 Å². The summed E-state index contributed by atoms with van der Waals surface area (Å²) in [5.74, 6) is 1.78. The Morgan fingerprint density at radius 1 is 0.358 bits per heavy atom. The highest BCUT2D eigenvalue weighted by atomic mass is 16.3. The van der Waals surface area contributed by atoms with Crippen LogP contribution in [0.25, 0.3) is 100 Å². The van der Waals surface area contributed by atoms with Gasteiger partial charge in [-0.1, -0.05) is 133 Å². The summed E-state index contributed by atoms with van der Waals surface area (Å²) in [5.41, 5.74) is 11.2. The van der Waals surface area contributed by atoms with Gasteiger partial charge in [0.05, 0.1) is 0 Å². The van der Waals surface area contributed by atoms with Crippen molar-refractivity contribution in [3.63, 3.8) is 0 Å². The van der Waals surface area contributed by atoms with Crippen molar-refractivity contribution in [2.45, 2.75) is 0 Å². The Morgan fingerprint density at radius 2 is 0.943 bits per heavy atom. The van der Waals surface area contributed by atoms with Crippen LogP contribution in [0.15, 0.2) is 187 Å². The second-order valence-corrected chi connectivity index (χ2v) is 13.1. The molecule has 3 aromatic heterocycles. The van der Waals surface area contributed by atoms with Crippen molar-refractivity contribution in [2.24, 2.45) is 0 Å². The van der Waals surface area contributed by atoms with Gasteiger partial charge >= 0.3 is 0 Å². The van der Waals surface area contributed by atoms with E-state index >= 15 is 0 Å². The SMILES string of the molecule is c1ccc(-c2cccc3oc4cc(-c5ccc(-c6nc(-c7ccc(-c8ccc9ccccc9c8)cc7)nc(-c7cccnc7)n6)cc5)ccc4c23)cc1. The van der Waals surface area contributed by atoms with Crippen LogP contribution in [-0.2, 0) is 0 Å². The molecule has 3 heterocycles. The van der Waals surface area contributed by atoms with Crippen LogP contribution in [0.5, 0.6) is 0 Å². The highest BCUT2D eigenvalue weighted by molar-refractivity contribution is 6.13. The Balaban J connectivity index is 0.994. The molecular formula is C48H30N4O. The fraction of sp³-hybridized carbons (Fsp3) is 0. The Labute approximate surface area is 305 Å². The Bertz CT molecular complexity index is 2920. The Morgan fingerprint density at radius 3 is 1.64 bits per heavy atom. The second-order valence-electron chi connectivity index (χ2n) is 13.1. The molecule has 0 bridgehead atoms. The molecular weight excluding hydrogens is 649 g/mol. The molecule has 248 valence electrons. The summed E-state index contributed by atoms with van der Waals surface area (Å²) in [6, 6.07) is 58.8. The molecule has 0 aliphatic carbocycles. The van der Waals surface area contributed by atoms with E-state index in [0.717, 1.165) is 55.3 Å². The van der Waals surface area contributed by atoms with Gasteiger partial charge in [-0.05, 0) is 80.6 Å². The van der Waals surface area contributed by atoms with Gasteiger partial charge in [0.2, 0.25) is 0 Å². The van der Waals surface area contributed by atoms with E-state index in [1.54, 1.807) is 12.4 Å². The molecule has 0 saturated carbocycles. The smallest absolute Gasteiger partial charge is 0.165 e. The maximum Gasteiger partial charge on any atom is 0.165 e. The first kappa shape index (κ1) is 30.6. The maximum absolute atomic E-state index is 6.40. The van der Waals surface area contributed by atoms with Crippen LogP contribution in [0.1, 0.15) is 0 Å². The minimum atomic E-state index is 0.575. The standard InChI is InChI=1S/C48H30N4O/c1-2-9-34(10-3-1)41-13-6-14-43-45(41)42-26-25-39(29-44(42)53-43)33-17-22-36(23-18-33)47-50-46(51-48(52-47)40-12-7-27-49-30-40)35-20-15-32(16-21-35)38-24-19-31-8-4-5-11-37(31)28-38/h1-30H. The van der Waals surface area contributed by atoms with E-state index in [9.17, 15) is 0 Å². The normalized spacial score (nSPS) is 11.4. The molecule has 5 heteroatoms. The predicted octanol–water partition coefficient (Wildman–Crippen LogP) is 12.3. The lowest BCUT2D eigenvalue weighted by atomic mass is 9.98. The summed E-state index contributed by atoms with van der Waals surface area (Å²) in [6.45, 7) is 0. The number of aromatic nitrogens is 4. The van der Waals surface area contributed by atoms with Gasteiger partial charge in [0.1, 0.15) is 11.2 Å². The van der Waals surface area contributed by atoms with Crippen molar-refractivity contribution < 1.29 is 4.42 Å². The van der Waals surface area contributed by atoms with Crippen LogP contribution in [-0.4, -0.2) is 19.9 Å². The number of nitrogens with zero attached hydrogens (tertiary/aromatic N) is 4. The topological polar surface area (TPSA) is 64.7 Å². The third-order valence-corrected chi connectivity index (χ3v) is 9.84. The first-order chi connectivity index (χ1) is 26.2. The van der Waals surface area contributed by atoms with E-state index in [4.69, 9.17) is 19.4 Å². The molecule has 0 atom stereocenters. The quantitative estimate of drug-likeness (QED) is 0.175. The summed E-state index contributed by atoms with van der Waals surface area (Å²) in [4.78, 5) is 19.1. The van der Waals surface area contributed by atoms with Gasteiger partial charge in [-0.15, -0.1) is 0 Å². The fourth-order valence-electron chi connectivity index (χ4n) is 7.11. The minimum Gasteiger partial charge on any atom is -0.456 e. The highest BCUT2D eigenvalue weighted by Gasteiger charge is 2.15. The van der Waals surface area contributed by atoms with Gasteiger partial charge in [0.25, 0.3) is 0 Å². The zero-order valence-corrected chi connectivity index (χ0v) is 28.5. The molecule has 0 N–H and O–H groups in total. The molecule has 0 saturated heterocycles. The summed E-state index contributed by atoms with van der Waals surface area (Å²) < 4.78 is 6.40. The average molecular weight is 679 g/mol. The number of rotatable bonds is 6. The summed E-state index contributed by atoms with van der Waals surface area (Å²) in [6.07, 6.45) is 3.54. The molecule has 0 unspecified atom stereocenters. The number of hydrogen-bond donors (Lipinski definition) is 0. The number of fused-ring (bicyclic) bond motifs is 4. The molecule has 0 spiro atoms. The zero-order valence-electron chi connectivity index (χ0n) is 28.5. The molecule has 0 fully saturated rings. The van der Waals surface area contributed by atoms with Crippen LogP contribution in [0.4, 0.5) is 0 Å². The van der Waals surface area contributed by atoms with E-state index in [1.807, 2.05) is 24.3 Å². The average Bonchev–Trinajstić information content (AvgIpc) is 3.62. The van der Waals surface area contributed by atoms with Gasteiger partial charge < -0.3 is 4.42 Å². The van der Waals surface area contributed by atoms with Gasteiger partial charge in [-0.2, -0.15) is 0 Å². The van der Waals surface area contributed by atoms with Crippen LogP contribution in [0.3, 0.4) is 0 Å². The third kappa shape index (κ3) is 5.71. The molecule has 10 aromatic rings. The van der Waals surface area contributed by atoms with E-state index < -0.39 is 0 Å². The van der Waals surface area contributed by atoms with E-state index in [-0.39, 0.29) is 0 Å². The minimum absolute atomic E-state index is 0.575. The monoisotopic (exact) mass is 678 g/mol. The van der Waals surface area contributed by atoms with Gasteiger partial charge in [0, 0.05) is 39.9 Å². The van der Waals surface area contributed by atoms with Gasteiger partial charge in [-0.3, -0.25) is 4.98 Å². The second kappa shape index (κ2) is 12.8. The summed E-state index contributed by atoms with van der Waals surface area (Å²) in [7, 11) is 0. The van der Waals surface area contributed by atoms with Crippen LogP contribution < -0.4 is 0 Å². The zero-order chi connectivity index (χ0) is 35.1. The molecule has 0 aliphatic heterocycles. The third-order valence-electron chi connectivity index (χ3n) is 9.84. The predicted molar refractivity (Wildman–Crippen MR) is 215 cm³/mol. The highest BCUT2D eigenvalue weighted by Crippen LogP contribution is 2.38. The van der Waals surface area contributed by atoms with E-state index in [0.29, 0.717) is 17.5 Å². The van der Waals surface area contributed by atoms with E-state index in [1.165, 1.54) is 27.5 Å². The fourth-order valence-corrected chi connectivity index (χ4v) is 7.11. The van der Waals surface area contributed by atoms with Gasteiger partial charge in [-0.25, -0.2) is 15.0 Å². The molecule has 0 amide bonds. The maximum atomic E-state index is 6.40. The first-order valence-corrected chi connectivity index (χ1v) is 17.6. The van der Waals surface area contributed by atoms with Crippen molar-refractivity contribution in [1.82, 2.24) is 19.9 Å². The lowest BCUT2D eigenvalue weighted by Crippen LogP contribution is -2.00. The van der Waals surface area contributed by atoms with Crippen molar-refractivity contribution in [3.05, 3.63) is 182 Å². The molecule has 7 aromatic carbocycles. The molecule has 0 aliphatic rings. The van der Waals surface area contributed by atoms with Crippen LogP contribution in [0, 0.1) is 0 Å². The van der Waals surface area contributed by atoms with Gasteiger partial charge in [0.15, 0.2) is 17.5 Å².